The lowest BCUT2D eigenvalue weighted by Crippen LogP contribution is -2.37. The molecule has 0 bridgehead atoms. The molecule has 0 amide bonds. The normalized spacial score (nSPS) is 31.2. The third-order valence-electron chi connectivity index (χ3n) is 4.08. The summed E-state index contributed by atoms with van der Waals surface area (Å²) in [4.78, 5) is 11.8. The Bertz CT molecular complexity index is 536. The highest BCUT2D eigenvalue weighted by atomic mass is 16.5. The summed E-state index contributed by atoms with van der Waals surface area (Å²) >= 11 is 0. The Kier molecular flexibility index (Phi) is 2.44. The first kappa shape index (κ1) is 11.3. The van der Waals surface area contributed by atoms with E-state index in [0.717, 1.165) is 24.0 Å². The third-order valence-corrected chi connectivity index (χ3v) is 4.08. The van der Waals surface area contributed by atoms with Gasteiger partial charge in [-0.2, -0.15) is 0 Å². The molecule has 18 heavy (non-hydrogen) atoms. The zero-order valence-electron chi connectivity index (χ0n) is 10.6. The molecule has 1 aliphatic carbocycles. The Morgan fingerprint density at radius 1 is 1.44 bits per heavy atom. The average molecular weight is 244 g/mol. The van der Waals surface area contributed by atoms with Crippen LogP contribution in [0.15, 0.2) is 46.3 Å². The molecule has 1 aliphatic heterocycles. The summed E-state index contributed by atoms with van der Waals surface area (Å²) in [7, 11) is 0. The number of carbonyl (C=O) groups is 1. The van der Waals surface area contributed by atoms with Gasteiger partial charge < -0.3 is 9.15 Å². The van der Waals surface area contributed by atoms with Gasteiger partial charge in [0.15, 0.2) is 0 Å². The molecule has 2 aliphatic rings. The monoisotopic (exact) mass is 244 g/mol. The molecule has 0 fully saturated rings. The summed E-state index contributed by atoms with van der Waals surface area (Å²) in [5, 5.41) is 0. The fourth-order valence-corrected chi connectivity index (χ4v) is 3.09. The molecule has 3 heteroatoms. The van der Waals surface area contributed by atoms with Gasteiger partial charge in [0.2, 0.25) is 0 Å². The van der Waals surface area contributed by atoms with Crippen LogP contribution >= 0.6 is 0 Å². The average Bonchev–Trinajstić information content (AvgIpc) is 2.84. The van der Waals surface area contributed by atoms with Gasteiger partial charge in [-0.05, 0) is 31.4 Å². The Morgan fingerprint density at radius 3 is 3.00 bits per heavy atom. The van der Waals surface area contributed by atoms with Crippen molar-refractivity contribution in [2.45, 2.75) is 32.8 Å². The highest BCUT2D eigenvalue weighted by molar-refractivity contribution is 5.86. The van der Waals surface area contributed by atoms with Gasteiger partial charge in [0.25, 0.3) is 0 Å². The van der Waals surface area contributed by atoms with E-state index < -0.39 is 0 Å². The number of allylic oxidation sites excluding steroid dienone is 2. The van der Waals surface area contributed by atoms with Crippen LogP contribution in [0.1, 0.15) is 38.4 Å². The quantitative estimate of drug-likeness (QED) is 0.709. The number of fused-ring (bicyclic) bond motifs is 1. The van der Waals surface area contributed by atoms with Gasteiger partial charge >= 0.3 is 5.97 Å². The molecule has 0 spiro atoms. The minimum Gasteiger partial charge on any atom is -0.472 e. The Labute approximate surface area is 106 Å². The van der Waals surface area contributed by atoms with Crippen LogP contribution in [0.25, 0.3) is 0 Å². The van der Waals surface area contributed by atoms with Crippen molar-refractivity contribution in [2.24, 2.45) is 5.41 Å². The number of furan rings is 1. The lowest BCUT2D eigenvalue weighted by Gasteiger charge is -2.43. The Balaban J connectivity index is 2.11. The summed E-state index contributed by atoms with van der Waals surface area (Å²) < 4.78 is 10.7. The molecule has 0 N–H and O–H groups in total. The van der Waals surface area contributed by atoms with Crippen molar-refractivity contribution in [1.29, 1.82) is 0 Å². The van der Waals surface area contributed by atoms with Gasteiger partial charge in [0.05, 0.1) is 12.5 Å². The first-order valence-electron chi connectivity index (χ1n) is 6.23. The van der Waals surface area contributed by atoms with Crippen molar-refractivity contribution < 1.29 is 13.9 Å². The van der Waals surface area contributed by atoms with Crippen LogP contribution in [0.4, 0.5) is 0 Å². The zero-order chi connectivity index (χ0) is 12.8. The molecule has 0 aromatic carbocycles. The number of hydrogen-bond donors (Lipinski definition) is 0. The molecule has 3 nitrogen and oxygen atoms in total. The fraction of sp³-hybridized carbons (Fsp3) is 0.400. The maximum absolute atomic E-state index is 11.8. The van der Waals surface area contributed by atoms with Crippen molar-refractivity contribution in [3.8, 4) is 0 Å². The number of esters is 1. The topological polar surface area (TPSA) is 39.4 Å². The summed E-state index contributed by atoms with van der Waals surface area (Å²) in [5.74, 6) is -0.261. The Morgan fingerprint density at radius 2 is 2.28 bits per heavy atom. The van der Waals surface area contributed by atoms with Gasteiger partial charge in [-0.3, -0.25) is 0 Å². The molecule has 0 unspecified atom stereocenters. The SMILES string of the molecule is CC1=CCC[C@]2(C)C1=CC(=O)O[C@H]2c1ccoc1. The minimum absolute atomic E-state index is 0.142. The van der Waals surface area contributed by atoms with Crippen molar-refractivity contribution in [3.63, 3.8) is 0 Å². The molecule has 0 radical (unpaired) electrons. The van der Waals surface area contributed by atoms with E-state index >= 15 is 0 Å². The van der Waals surface area contributed by atoms with Gasteiger partial charge in [-0.1, -0.05) is 18.6 Å². The van der Waals surface area contributed by atoms with Crippen molar-refractivity contribution in [1.82, 2.24) is 0 Å². The zero-order valence-corrected chi connectivity index (χ0v) is 10.6. The Hall–Kier alpha value is -1.77. The van der Waals surface area contributed by atoms with Crippen LogP contribution < -0.4 is 0 Å². The van der Waals surface area contributed by atoms with Crippen molar-refractivity contribution in [3.05, 3.63) is 47.5 Å². The molecule has 1 aromatic heterocycles. The summed E-state index contributed by atoms with van der Waals surface area (Å²) in [6.45, 7) is 4.23. The fourth-order valence-electron chi connectivity index (χ4n) is 3.09. The smallest absolute Gasteiger partial charge is 0.331 e. The molecule has 3 rings (SSSR count). The van der Waals surface area contributed by atoms with Gasteiger partial charge in [-0.15, -0.1) is 0 Å². The van der Waals surface area contributed by atoms with Crippen LogP contribution in [0.2, 0.25) is 0 Å². The highest BCUT2D eigenvalue weighted by Gasteiger charge is 2.46. The van der Waals surface area contributed by atoms with Crippen molar-refractivity contribution >= 4 is 5.97 Å². The number of hydrogen-bond acceptors (Lipinski definition) is 3. The third kappa shape index (κ3) is 1.54. The van der Waals surface area contributed by atoms with Crippen LogP contribution in [-0.2, 0) is 9.53 Å². The maximum atomic E-state index is 11.8. The van der Waals surface area contributed by atoms with Crippen molar-refractivity contribution in [2.75, 3.05) is 0 Å². The highest BCUT2D eigenvalue weighted by Crippen LogP contribution is 2.53. The minimum atomic E-state index is -0.261. The molecule has 2 atom stereocenters. The van der Waals surface area contributed by atoms with E-state index in [2.05, 4.69) is 19.9 Å². The largest absolute Gasteiger partial charge is 0.472 e. The summed E-state index contributed by atoms with van der Waals surface area (Å²) in [6, 6.07) is 1.87. The van der Waals surface area contributed by atoms with Crippen LogP contribution in [-0.4, -0.2) is 5.97 Å². The lowest BCUT2D eigenvalue weighted by molar-refractivity contribution is -0.152. The van der Waals surface area contributed by atoms with Crippen LogP contribution in [0.5, 0.6) is 0 Å². The molecule has 0 saturated heterocycles. The number of cyclic esters (lactones) is 1. The second kappa shape index (κ2) is 3.87. The number of rotatable bonds is 1. The van der Waals surface area contributed by atoms with Crippen LogP contribution in [0.3, 0.4) is 0 Å². The standard InChI is InChI=1S/C15H16O3/c1-10-4-3-6-15(2)12(10)8-13(16)18-14(15)11-5-7-17-9-11/h4-5,7-9,14H,3,6H2,1-2H3/t14-,15+/m0/s1. The predicted octanol–water partition coefficient (Wildman–Crippen LogP) is 3.55. The van der Waals surface area contributed by atoms with Gasteiger partial charge in [0.1, 0.15) is 6.10 Å². The van der Waals surface area contributed by atoms with Crippen LogP contribution in [0, 0.1) is 5.41 Å². The van der Waals surface area contributed by atoms with E-state index in [1.54, 1.807) is 18.6 Å². The molecule has 0 saturated carbocycles. The first-order valence-corrected chi connectivity index (χ1v) is 6.23. The molecular weight excluding hydrogens is 228 g/mol. The van der Waals surface area contributed by atoms with E-state index in [9.17, 15) is 4.79 Å². The van der Waals surface area contributed by atoms with E-state index in [-0.39, 0.29) is 17.5 Å². The van der Waals surface area contributed by atoms with E-state index in [0.29, 0.717) is 0 Å². The number of ether oxygens (including phenoxy) is 1. The van der Waals surface area contributed by atoms with Gasteiger partial charge in [0, 0.05) is 17.1 Å². The summed E-state index contributed by atoms with van der Waals surface area (Å²) in [5.41, 5.74) is 3.09. The first-order chi connectivity index (χ1) is 8.61. The van der Waals surface area contributed by atoms with Gasteiger partial charge in [-0.25, -0.2) is 4.79 Å². The molecule has 94 valence electrons. The van der Waals surface area contributed by atoms with E-state index in [1.807, 2.05) is 6.07 Å². The lowest BCUT2D eigenvalue weighted by atomic mass is 9.66. The molecule has 2 heterocycles. The second-order valence-electron chi connectivity index (χ2n) is 5.27. The summed E-state index contributed by atoms with van der Waals surface area (Å²) in [6.07, 6.45) is 8.88. The second-order valence-corrected chi connectivity index (χ2v) is 5.27. The van der Waals surface area contributed by atoms with E-state index in [4.69, 9.17) is 9.15 Å². The molecular formula is C15H16O3. The maximum Gasteiger partial charge on any atom is 0.331 e. The van der Waals surface area contributed by atoms with E-state index in [1.165, 1.54) is 5.57 Å². The number of carbonyl (C=O) groups excluding carboxylic acids is 1. The predicted molar refractivity (Wildman–Crippen MR) is 66.7 cm³/mol. The molecule has 1 aromatic rings.